The quantitative estimate of drug-likeness (QED) is 0.489. The lowest BCUT2D eigenvalue weighted by molar-refractivity contribution is -0.141. The lowest BCUT2D eigenvalue weighted by Gasteiger charge is -2.10. The number of rotatable bonds is 3. The lowest BCUT2D eigenvalue weighted by atomic mass is 10.3. The monoisotopic (exact) mass is 160 g/mol. The molecule has 4 N–H and O–H groups in total. The standard InChI is InChI=1S/C6H12N2O3/c1-3(7)5(9)8-4(2)6(10)11/h3-4H,7H2,1-2H3,(H,8,9)(H,10,11)/t3-,4+/m1/s1. The maximum Gasteiger partial charge on any atom is 0.325 e. The van der Waals surface area contributed by atoms with Crippen molar-refractivity contribution < 1.29 is 14.7 Å². The highest BCUT2D eigenvalue weighted by Gasteiger charge is 2.15. The van der Waals surface area contributed by atoms with Gasteiger partial charge >= 0.3 is 5.97 Å². The molecule has 0 radical (unpaired) electrons. The summed E-state index contributed by atoms with van der Waals surface area (Å²) in [6.07, 6.45) is 0. The van der Waals surface area contributed by atoms with Gasteiger partial charge in [0.15, 0.2) is 0 Å². The molecule has 0 heterocycles. The Balaban J connectivity index is 3.85. The second-order valence-corrected chi connectivity index (χ2v) is 2.36. The molecule has 1 amide bonds. The average molecular weight is 160 g/mol. The summed E-state index contributed by atoms with van der Waals surface area (Å²) in [6, 6.07) is -1.55. The number of carbonyl (C=O) groups excluding carboxylic acids is 1. The van der Waals surface area contributed by atoms with Crippen molar-refractivity contribution in [2.75, 3.05) is 0 Å². The third-order valence-electron chi connectivity index (χ3n) is 1.14. The first kappa shape index (κ1) is 9.90. The Morgan fingerprint density at radius 2 is 1.91 bits per heavy atom. The summed E-state index contributed by atoms with van der Waals surface area (Å²) in [4.78, 5) is 21.0. The van der Waals surface area contributed by atoms with Crippen molar-refractivity contribution in [1.82, 2.24) is 5.32 Å². The van der Waals surface area contributed by atoms with Crippen molar-refractivity contribution in [1.29, 1.82) is 0 Å². The number of amides is 1. The molecule has 5 nitrogen and oxygen atoms in total. The summed E-state index contributed by atoms with van der Waals surface area (Å²) in [5.41, 5.74) is 5.18. The van der Waals surface area contributed by atoms with Crippen molar-refractivity contribution in [2.24, 2.45) is 5.73 Å². The molecule has 64 valence electrons. The molecule has 0 aliphatic heterocycles. The van der Waals surface area contributed by atoms with Gasteiger partial charge in [-0.05, 0) is 13.8 Å². The van der Waals surface area contributed by atoms with E-state index in [4.69, 9.17) is 10.8 Å². The zero-order chi connectivity index (χ0) is 9.02. The third-order valence-corrected chi connectivity index (χ3v) is 1.14. The van der Waals surface area contributed by atoms with E-state index in [9.17, 15) is 9.59 Å². The maximum absolute atomic E-state index is 10.8. The van der Waals surface area contributed by atoms with Crippen LogP contribution in [0.15, 0.2) is 0 Å². The van der Waals surface area contributed by atoms with Crippen LogP contribution in [-0.4, -0.2) is 29.1 Å². The number of hydrogen-bond acceptors (Lipinski definition) is 3. The molecule has 0 aromatic heterocycles. The van der Waals surface area contributed by atoms with Crippen LogP contribution in [0.1, 0.15) is 13.8 Å². The van der Waals surface area contributed by atoms with Gasteiger partial charge in [0.25, 0.3) is 0 Å². The topological polar surface area (TPSA) is 92.4 Å². The molecule has 0 unspecified atom stereocenters. The van der Waals surface area contributed by atoms with Crippen LogP contribution in [-0.2, 0) is 9.59 Å². The van der Waals surface area contributed by atoms with E-state index in [1.807, 2.05) is 0 Å². The van der Waals surface area contributed by atoms with Crippen LogP contribution >= 0.6 is 0 Å². The molecule has 11 heavy (non-hydrogen) atoms. The van der Waals surface area contributed by atoms with Gasteiger partial charge in [0.05, 0.1) is 6.04 Å². The van der Waals surface area contributed by atoms with E-state index in [1.54, 1.807) is 0 Å². The SMILES string of the molecule is C[C@H](NC(=O)[C@@H](C)N)C(=O)O. The predicted octanol–water partition coefficient (Wildman–Crippen LogP) is -1.08. The highest BCUT2D eigenvalue weighted by atomic mass is 16.4. The Hall–Kier alpha value is -1.10. The van der Waals surface area contributed by atoms with E-state index in [0.29, 0.717) is 0 Å². The maximum atomic E-state index is 10.8. The fourth-order valence-corrected chi connectivity index (χ4v) is 0.407. The molecule has 0 fully saturated rings. The highest BCUT2D eigenvalue weighted by molar-refractivity contribution is 5.86. The molecule has 5 heteroatoms. The molecular weight excluding hydrogens is 148 g/mol. The molecule has 0 aliphatic carbocycles. The van der Waals surface area contributed by atoms with Gasteiger partial charge in [0, 0.05) is 0 Å². The van der Waals surface area contributed by atoms with Gasteiger partial charge in [-0.2, -0.15) is 0 Å². The molecular formula is C6H12N2O3. The van der Waals surface area contributed by atoms with Crippen LogP contribution in [0.5, 0.6) is 0 Å². The fourth-order valence-electron chi connectivity index (χ4n) is 0.407. The molecule has 0 saturated carbocycles. The molecule has 0 spiro atoms. The first-order chi connectivity index (χ1) is 4.95. The normalized spacial score (nSPS) is 15.2. The second kappa shape index (κ2) is 3.92. The summed E-state index contributed by atoms with van der Waals surface area (Å²) in [7, 11) is 0. The summed E-state index contributed by atoms with van der Waals surface area (Å²) in [6.45, 7) is 2.87. The van der Waals surface area contributed by atoms with Crippen molar-refractivity contribution in [3.05, 3.63) is 0 Å². The van der Waals surface area contributed by atoms with Gasteiger partial charge in [0.2, 0.25) is 5.91 Å². The number of nitrogens with one attached hydrogen (secondary N) is 1. The van der Waals surface area contributed by atoms with Crippen LogP contribution in [0.2, 0.25) is 0 Å². The van der Waals surface area contributed by atoms with E-state index < -0.39 is 24.0 Å². The largest absolute Gasteiger partial charge is 0.480 e. The molecule has 0 bridgehead atoms. The van der Waals surface area contributed by atoms with Crippen LogP contribution in [0.25, 0.3) is 0 Å². The van der Waals surface area contributed by atoms with Crippen molar-refractivity contribution in [3.8, 4) is 0 Å². The van der Waals surface area contributed by atoms with E-state index in [1.165, 1.54) is 13.8 Å². The zero-order valence-corrected chi connectivity index (χ0v) is 6.50. The second-order valence-electron chi connectivity index (χ2n) is 2.36. The molecule has 2 atom stereocenters. The molecule has 0 rings (SSSR count). The summed E-state index contributed by atoms with van der Waals surface area (Å²) in [5, 5.41) is 10.6. The number of nitrogens with two attached hydrogens (primary N) is 1. The van der Waals surface area contributed by atoms with E-state index in [0.717, 1.165) is 0 Å². The summed E-state index contributed by atoms with van der Waals surface area (Å²) >= 11 is 0. The Morgan fingerprint density at radius 1 is 1.45 bits per heavy atom. The van der Waals surface area contributed by atoms with Crippen LogP contribution in [0, 0.1) is 0 Å². The number of aliphatic carboxylic acids is 1. The molecule has 0 aliphatic rings. The van der Waals surface area contributed by atoms with Crippen LogP contribution in [0.3, 0.4) is 0 Å². The predicted molar refractivity (Wildman–Crippen MR) is 38.9 cm³/mol. The Labute approximate surface area is 64.6 Å². The van der Waals surface area contributed by atoms with E-state index in [2.05, 4.69) is 5.32 Å². The van der Waals surface area contributed by atoms with Gasteiger partial charge < -0.3 is 16.2 Å². The minimum absolute atomic E-state index is 0.458. The fraction of sp³-hybridized carbons (Fsp3) is 0.667. The molecule has 0 aromatic carbocycles. The smallest absolute Gasteiger partial charge is 0.325 e. The first-order valence-electron chi connectivity index (χ1n) is 3.24. The van der Waals surface area contributed by atoms with E-state index in [-0.39, 0.29) is 0 Å². The van der Waals surface area contributed by atoms with Crippen molar-refractivity contribution in [3.63, 3.8) is 0 Å². The zero-order valence-electron chi connectivity index (χ0n) is 6.50. The van der Waals surface area contributed by atoms with E-state index >= 15 is 0 Å². The van der Waals surface area contributed by atoms with Gasteiger partial charge in [-0.3, -0.25) is 9.59 Å². The van der Waals surface area contributed by atoms with Gasteiger partial charge in [-0.1, -0.05) is 0 Å². The number of carbonyl (C=O) groups is 2. The Kier molecular flexibility index (Phi) is 3.53. The van der Waals surface area contributed by atoms with Crippen LogP contribution in [0.4, 0.5) is 0 Å². The van der Waals surface area contributed by atoms with Crippen molar-refractivity contribution >= 4 is 11.9 Å². The Morgan fingerprint density at radius 3 is 2.18 bits per heavy atom. The summed E-state index contributed by atoms with van der Waals surface area (Å²) < 4.78 is 0. The van der Waals surface area contributed by atoms with Crippen LogP contribution < -0.4 is 11.1 Å². The van der Waals surface area contributed by atoms with Gasteiger partial charge in [-0.25, -0.2) is 0 Å². The van der Waals surface area contributed by atoms with Gasteiger partial charge in [0.1, 0.15) is 6.04 Å². The minimum atomic E-state index is -1.07. The highest BCUT2D eigenvalue weighted by Crippen LogP contribution is 1.83. The number of carboxylic acids is 1. The lowest BCUT2D eigenvalue weighted by Crippen LogP contribution is -2.45. The molecule has 0 saturated heterocycles. The molecule has 0 aromatic rings. The van der Waals surface area contributed by atoms with Crippen molar-refractivity contribution in [2.45, 2.75) is 25.9 Å². The van der Waals surface area contributed by atoms with Gasteiger partial charge in [-0.15, -0.1) is 0 Å². The number of hydrogen-bond donors (Lipinski definition) is 3. The third kappa shape index (κ3) is 3.57. The Bertz CT molecular complexity index is 167. The summed E-state index contributed by atoms with van der Waals surface area (Å²) in [5.74, 6) is -1.53. The number of carboxylic acid groups (broad SMARTS) is 1. The minimum Gasteiger partial charge on any atom is -0.480 e. The first-order valence-corrected chi connectivity index (χ1v) is 3.24. The average Bonchev–Trinajstić information content (AvgIpc) is 1.87.